The highest BCUT2D eigenvalue weighted by molar-refractivity contribution is 5.51. The summed E-state index contributed by atoms with van der Waals surface area (Å²) in [6.07, 6.45) is 11.0. The van der Waals surface area contributed by atoms with Gasteiger partial charge in [0.05, 0.1) is 6.33 Å². The Labute approximate surface area is 127 Å². The Hall–Kier alpha value is -1.77. The summed E-state index contributed by atoms with van der Waals surface area (Å²) >= 11 is 0. The molecule has 1 aliphatic rings. The Kier molecular flexibility index (Phi) is 4.28. The van der Waals surface area contributed by atoms with Gasteiger partial charge in [-0.1, -0.05) is 32.8 Å². The Morgan fingerprint density at radius 1 is 1.29 bits per heavy atom. The van der Waals surface area contributed by atoms with Crippen molar-refractivity contribution in [1.82, 2.24) is 9.55 Å². The third-order valence-electron chi connectivity index (χ3n) is 4.68. The highest BCUT2D eigenvalue weighted by Crippen LogP contribution is 2.31. The van der Waals surface area contributed by atoms with Gasteiger partial charge < -0.3 is 9.88 Å². The molecule has 21 heavy (non-hydrogen) atoms. The first-order valence-electron chi connectivity index (χ1n) is 8.07. The average molecular weight is 283 g/mol. The Balaban J connectivity index is 1.69. The number of nitrogens with one attached hydrogen (secondary N) is 1. The molecule has 0 bridgehead atoms. The number of rotatable bonds is 4. The van der Waals surface area contributed by atoms with Crippen LogP contribution in [0.25, 0.3) is 5.69 Å². The van der Waals surface area contributed by atoms with E-state index in [2.05, 4.69) is 48.4 Å². The van der Waals surface area contributed by atoms with Gasteiger partial charge in [-0.05, 0) is 42.9 Å². The summed E-state index contributed by atoms with van der Waals surface area (Å²) in [5.41, 5.74) is 2.38. The molecular weight excluding hydrogens is 258 g/mol. The summed E-state index contributed by atoms with van der Waals surface area (Å²) in [4.78, 5) is 4.12. The third kappa shape index (κ3) is 3.46. The van der Waals surface area contributed by atoms with E-state index in [1.165, 1.54) is 31.4 Å². The molecule has 1 aliphatic carbocycles. The van der Waals surface area contributed by atoms with E-state index in [4.69, 9.17) is 0 Å². The first-order valence-corrected chi connectivity index (χ1v) is 8.07. The van der Waals surface area contributed by atoms with Crippen LogP contribution in [0.15, 0.2) is 43.0 Å². The van der Waals surface area contributed by atoms with Crippen LogP contribution in [-0.2, 0) is 0 Å². The lowest BCUT2D eigenvalue weighted by Gasteiger charge is -2.32. The van der Waals surface area contributed by atoms with Crippen molar-refractivity contribution in [2.75, 3.05) is 5.32 Å². The molecule has 1 saturated carbocycles. The van der Waals surface area contributed by atoms with Crippen molar-refractivity contribution < 1.29 is 0 Å². The number of nitrogens with zero attached hydrogens (tertiary/aromatic N) is 2. The van der Waals surface area contributed by atoms with Gasteiger partial charge in [-0.3, -0.25) is 0 Å². The Morgan fingerprint density at radius 3 is 2.95 bits per heavy atom. The van der Waals surface area contributed by atoms with Crippen LogP contribution in [0.1, 0.15) is 39.5 Å². The van der Waals surface area contributed by atoms with Crippen LogP contribution in [0.5, 0.6) is 0 Å². The SMILES string of the molecule is CC(C)C1CCCC(Nc2cccc(-n3ccnc3)c2)C1. The largest absolute Gasteiger partial charge is 0.382 e. The lowest BCUT2D eigenvalue weighted by molar-refractivity contribution is 0.264. The molecule has 1 aromatic carbocycles. The number of benzene rings is 1. The molecule has 2 aromatic rings. The lowest BCUT2D eigenvalue weighted by atomic mass is 9.79. The van der Waals surface area contributed by atoms with Crippen molar-refractivity contribution >= 4 is 5.69 Å². The first kappa shape index (κ1) is 14.2. The minimum Gasteiger partial charge on any atom is -0.382 e. The van der Waals surface area contributed by atoms with Crippen LogP contribution in [0, 0.1) is 11.8 Å². The van der Waals surface area contributed by atoms with Crippen LogP contribution in [0.2, 0.25) is 0 Å². The molecule has 1 heterocycles. The summed E-state index contributed by atoms with van der Waals surface area (Å²) in [7, 11) is 0. The van der Waals surface area contributed by atoms with E-state index in [0.717, 1.165) is 17.5 Å². The summed E-state index contributed by atoms with van der Waals surface area (Å²) in [6, 6.07) is 9.22. The minimum absolute atomic E-state index is 0.615. The van der Waals surface area contributed by atoms with E-state index < -0.39 is 0 Å². The maximum Gasteiger partial charge on any atom is 0.0991 e. The quantitative estimate of drug-likeness (QED) is 0.895. The highest BCUT2D eigenvalue weighted by Gasteiger charge is 2.23. The molecule has 0 radical (unpaired) electrons. The van der Waals surface area contributed by atoms with Crippen LogP contribution in [0.4, 0.5) is 5.69 Å². The molecule has 112 valence electrons. The van der Waals surface area contributed by atoms with Gasteiger partial charge in [-0.15, -0.1) is 0 Å². The molecule has 2 atom stereocenters. The second kappa shape index (κ2) is 6.33. The second-order valence-electron chi connectivity index (χ2n) is 6.53. The van der Waals surface area contributed by atoms with Crippen molar-refractivity contribution in [3.05, 3.63) is 43.0 Å². The van der Waals surface area contributed by atoms with Crippen molar-refractivity contribution in [1.29, 1.82) is 0 Å². The highest BCUT2D eigenvalue weighted by atomic mass is 15.0. The van der Waals surface area contributed by atoms with E-state index in [0.29, 0.717) is 6.04 Å². The fourth-order valence-electron chi connectivity index (χ4n) is 3.37. The predicted octanol–water partition coefficient (Wildman–Crippen LogP) is 4.50. The van der Waals surface area contributed by atoms with Crippen molar-refractivity contribution in [2.45, 2.75) is 45.6 Å². The zero-order valence-corrected chi connectivity index (χ0v) is 13.0. The van der Waals surface area contributed by atoms with E-state index >= 15 is 0 Å². The van der Waals surface area contributed by atoms with Gasteiger partial charge in [0.25, 0.3) is 0 Å². The topological polar surface area (TPSA) is 29.9 Å². The maximum absolute atomic E-state index is 4.12. The minimum atomic E-state index is 0.615. The molecule has 1 aromatic heterocycles. The summed E-state index contributed by atoms with van der Waals surface area (Å²) in [5, 5.41) is 3.73. The third-order valence-corrected chi connectivity index (χ3v) is 4.68. The molecule has 1 N–H and O–H groups in total. The molecule has 0 amide bonds. The average Bonchev–Trinajstić information content (AvgIpc) is 3.02. The molecule has 3 rings (SSSR count). The summed E-state index contributed by atoms with van der Waals surface area (Å²) in [5.74, 6) is 1.67. The number of hydrogen-bond donors (Lipinski definition) is 1. The number of aromatic nitrogens is 2. The fraction of sp³-hybridized carbons (Fsp3) is 0.500. The molecule has 2 unspecified atom stereocenters. The van der Waals surface area contributed by atoms with Crippen LogP contribution >= 0.6 is 0 Å². The van der Waals surface area contributed by atoms with Gasteiger partial charge in [0.15, 0.2) is 0 Å². The number of anilines is 1. The first-order chi connectivity index (χ1) is 10.2. The van der Waals surface area contributed by atoms with E-state index in [1.807, 2.05) is 23.3 Å². The van der Waals surface area contributed by atoms with Crippen LogP contribution < -0.4 is 5.32 Å². The second-order valence-corrected chi connectivity index (χ2v) is 6.53. The molecule has 0 saturated heterocycles. The van der Waals surface area contributed by atoms with E-state index in [1.54, 1.807) is 0 Å². The predicted molar refractivity (Wildman–Crippen MR) is 87.8 cm³/mol. The lowest BCUT2D eigenvalue weighted by Crippen LogP contribution is -2.29. The number of imidazole rings is 1. The van der Waals surface area contributed by atoms with Gasteiger partial charge in [0.1, 0.15) is 0 Å². The summed E-state index contributed by atoms with van der Waals surface area (Å²) in [6.45, 7) is 4.71. The molecular formula is C18H25N3. The van der Waals surface area contributed by atoms with Gasteiger partial charge in [-0.2, -0.15) is 0 Å². The molecule has 0 aliphatic heterocycles. The summed E-state index contributed by atoms with van der Waals surface area (Å²) < 4.78 is 2.04. The normalized spacial score (nSPS) is 22.4. The van der Waals surface area contributed by atoms with Gasteiger partial charge in [-0.25, -0.2) is 4.98 Å². The van der Waals surface area contributed by atoms with Crippen molar-refractivity contribution in [3.63, 3.8) is 0 Å². The maximum atomic E-state index is 4.12. The number of hydrogen-bond acceptors (Lipinski definition) is 2. The van der Waals surface area contributed by atoms with Gasteiger partial charge >= 0.3 is 0 Å². The smallest absolute Gasteiger partial charge is 0.0991 e. The standard InChI is InChI=1S/C18H25N3/c1-14(2)15-5-3-6-16(11-15)20-17-7-4-8-18(12-17)21-10-9-19-13-21/h4,7-10,12-16,20H,3,5-6,11H2,1-2H3. The Bertz CT molecular complexity index is 560. The van der Waals surface area contributed by atoms with E-state index in [-0.39, 0.29) is 0 Å². The fourth-order valence-corrected chi connectivity index (χ4v) is 3.37. The van der Waals surface area contributed by atoms with Crippen LogP contribution in [0.3, 0.4) is 0 Å². The zero-order chi connectivity index (χ0) is 14.7. The molecule has 3 heteroatoms. The molecule has 3 nitrogen and oxygen atoms in total. The molecule has 1 fully saturated rings. The monoisotopic (exact) mass is 283 g/mol. The van der Waals surface area contributed by atoms with Crippen molar-refractivity contribution in [2.24, 2.45) is 11.8 Å². The Morgan fingerprint density at radius 2 is 2.19 bits per heavy atom. The van der Waals surface area contributed by atoms with E-state index in [9.17, 15) is 0 Å². The van der Waals surface area contributed by atoms with Crippen LogP contribution in [-0.4, -0.2) is 15.6 Å². The zero-order valence-electron chi connectivity index (χ0n) is 13.0. The van der Waals surface area contributed by atoms with Crippen molar-refractivity contribution in [3.8, 4) is 5.69 Å². The molecule has 0 spiro atoms. The van der Waals surface area contributed by atoms with Gasteiger partial charge in [0.2, 0.25) is 0 Å². The van der Waals surface area contributed by atoms with Gasteiger partial charge in [0, 0.05) is 29.8 Å².